The third-order valence-electron chi connectivity index (χ3n) is 2.72. The summed E-state index contributed by atoms with van der Waals surface area (Å²) in [5.41, 5.74) is 2.27. The Morgan fingerprint density at radius 2 is 2.32 bits per heavy atom. The van der Waals surface area contributed by atoms with Gasteiger partial charge in [-0.3, -0.25) is 4.79 Å². The molecule has 0 radical (unpaired) electrons. The molecule has 0 saturated heterocycles. The number of aryl methyl sites for hydroxylation is 1. The van der Waals surface area contributed by atoms with Crippen LogP contribution in [-0.4, -0.2) is 11.1 Å². The van der Waals surface area contributed by atoms with Crippen molar-refractivity contribution in [1.29, 1.82) is 0 Å². The number of aromatic nitrogens is 1. The second-order valence-corrected chi connectivity index (χ2v) is 6.89. The van der Waals surface area contributed by atoms with Crippen molar-refractivity contribution in [3.63, 3.8) is 0 Å². The minimum atomic E-state index is -0.134. The lowest BCUT2D eigenvalue weighted by molar-refractivity contribution is 0.0948. The number of hydrogen-bond acceptors (Lipinski definition) is 4. The largest absolute Gasteiger partial charge is 0.360 e. The molecule has 0 spiro atoms. The maximum atomic E-state index is 12.2. The van der Waals surface area contributed by atoms with Gasteiger partial charge in [0.05, 0.1) is 9.48 Å². The Labute approximate surface area is 124 Å². The fourth-order valence-electron chi connectivity index (χ4n) is 1.77. The van der Waals surface area contributed by atoms with Crippen molar-refractivity contribution in [2.75, 3.05) is 0 Å². The molecule has 0 aromatic carbocycles. The topological polar surface area (TPSA) is 55.1 Å². The first kappa shape index (κ1) is 14.3. The molecular formula is C13H15BrN2O2S. The van der Waals surface area contributed by atoms with Crippen molar-refractivity contribution in [2.24, 2.45) is 0 Å². The SMILES string of the molecule is Cc1noc(C(C)C)c1C(=O)NCc1csc(Br)c1. The van der Waals surface area contributed by atoms with Crippen LogP contribution < -0.4 is 5.32 Å². The number of carbonyl (C=O) groups is 1. The Hall–Kier alpha value is -1.14. The molecule has 4 nitrogen and oxygen atoms in total. The number of halogens is 1. The quantitative estimate of drug-likeness (QED) is 0.917. The summed E-state index contributed by atoms with van der Waals surface area (Å²) in [6.07, 6.45) is 0. The zero-order valence-corrected chi connectivity index (χ0v) is 13.4. The number of thiophene rings is 1. The van der Waals surface area contributed by atoms with Crippen molar-refractivity contribution in [3.05, 3.63) is 37.8 Å². The van der Waals surface area contributed by atoms with Gasteiger partial charge in [-0.1, -0.05) is 19.0 Å². The molecule has 0 aliphatic carbocycles. The molecule has 2 heterocycles. The third-order valence-corrected chi connectivity index (χ3v) is 4.27. The highest BCUT2D eigenvalue weighted by molar-refractivity contribution is 9.11. The molecule has 0 aliphatic rings. The van der Waals surface area contributed by atoms with Gasteiger partial charge in [0, 0.05) is 12.5 Å². The summed E-state index contributed by atoms with van der Waals surface area (Å²) in [5.74, 6) is 0.642. The second kappa shape index (κ2) is 5.88. The number of rotatable bonds is 4. The Morgan fingerprint density at radius 1 is 1.58 bits per heavy atom. The zero-order chi connectivity index (χ0) is 14.0. The molecule has 0 bridgehead atoms. The van der Waals surface area contributed by atoms with Gasteiger partial charge in [0.15, 0.2) is 5.76 Å². The molecule has 2 aromatic heterocycles. The summed E-state index contributed by atoms with van der Waals surface area (Å²) in [4.78, 5) is 12.2. The standard InChI is InChI=1S/C13H15BrN2O2S/c1-7(2)12-11(8(3)16-18-12)13(17)15-5-9-4-10(14)19-6-9/h4,6-7H,5H2,1-3H3,(H,15,17). The molecule has 0 saturated carbocycles. The summed E-state index contributed by atoms with van der Waals surface area (Å²) >= 11 is 5.00. The van der Waals surface area contributed by atoms with Crippen LogP contribution in [0.25, 0.3) is 0 Å². The molecule has 0 fully saturated rings. The van der Waals surface area contributed by atoms with E-state index in [0.717, 1.165) is 9.35 Å². The molecular weight excluding hydrogens is 328 g/mol. The van der Waals surface area contributed by atoms with E-state index in [1.54, 1.807) is 18.3 Å². The molecule has 0 unspecified atom stereocenters. The van der Waals surface area contributed by atoms with E-state index in [1.165, 1.54) is 0 Å². The Balaban J connectivity index is 2.10. The lowest BCUT2D eigenvalue weighted by Gasteiger charge is -2.06. The van der Waals surface area contributed by atoms with E-state index >= 15 is 0 Å². The molecule has 19 heavy (non-hydrogen) atoms. The van der Waals surface area contributed by atoms with Crippen molar-refractivity contribution in [1.82, 2.24) is 10.5 Å². The maximum absolute atomic E-state index is 12.2. The highest BCUT2D eigenvalue weighted by Gasteiger charge is 2.22. The first-order chi connectivity index (χ1) is 8.99. The average molecular weight is 343 g/mol. The van der Waals surface area contributed by atoms with E-state index in [9.17, 15) is 4.79 Å². The monoisotopic (exact) mass is 342 g/mol. The van der Waals surface area contributed by atoms with Crippen molar-refractivity contribution >= 4 is 33.2 Å². The normalized spacial score (nSPS) is 11.0. The van der Waals surface area contributed by atoms with E-state index < -0.39 is 0 Å². The summed E-state index contributed by atoms with van der Waals surface area (Å²) in [6, 6.07) is 1.99. The van der Waals surface area contributed by atoms with E-state index in [2.05, 4.69) is 26.4 Å². The highest BCUT2D eigenvalue weighted by Crippen LogP contribution is 2.23. The van der Waals surface area contributed by atoms with Crippen LogP contribution in [0.15, 0.2) is 19.8 Å². The lowest BCUT2D eigenvalue weighted by Crippen LogP contribution is -2.24. The van der Waals surface area contributed by atoms with Crippen LogP contribution in [0.3, 0.4) is 0 Å². The highest BCUT2D eigenvalue weighted by atomic mass is 79.9. The van der Waals surface area contributed by atoms with Gasteiger partial charge in [-0.25, -0.2) is 0 Å². The first-order valence-corrected chi connectivity index (χ1v) is 7.63. The van der Waals surface area contributed by atoms with Crippen LogP contribution in [0.1, 0.15) is 47.1 Å². The summed E-state index contributed by atoms with van der Waals surface area (Å²) in [6.45, 7) is 6.24. The van der Waals surface area contributed by atoms with Gasteiger partial charge in [-0.05, 0) is 39.9 Å². The van der Waals surface area contributed by atoms with Gasteiger partial charge in [-0.15, -0.1) is 11.3 Å². The van der Waals surface area contributed by atoms with Crippen molar-refractivity contribution in [3.8, 4) is 0 Å². The Kier molecular flexibility index (Phi) is 4.42. The fourth-order valence-corrected chi connectivity index (χ4v) is 2.98. The van der Waals surface area contributed by atoms with Gasteiger partial charge >= 0.3 is 0 Å². The van der Waals surface area contributed by atoms with Crippen LogP contribution in [0.2, 0.25) is 0 Å². The molecule has 102 valence electrons. The van der Waals surface area contributed by atoms with Gasteiger partial charge in [0.25, 0.3) is 5.91 Å². The number of amides is 1. The van der Waals surface area contributed by atoms with Gasteiger partial charge < -0.3 is 9.84 Å². The number of hydrogen-bond donors (Lipinski definition) is 1. The molecule has 2 aromatic rings. The predicted octanol–water partition coefficient (Wildman–Crippen LogP) is 3.86. The maximum Gasteiger partial charge on any atom is 0.257 e. The van der Waals surface area contributed by atoms with E-state index in [-0.39, 0.29) is 11.8 Å². The second-order valence-electron chi connectivity index (χ2n) is 4.60. The summed E-state index contributed by atoms with van der Waals surface area (Å²) in [7, 11) is 0. The smallest absolute Gasteiger partial charge is 0.257 e. The molecule has 0 atom stereocenters. The van der Waals surface area contributed by atoms with Gasteiger partial charge in [0.2, 0.25) is 0 Å². The number of nitrogens with zero attached hydrogens (tertiary/aromatic N) is 1. The minimum absolute atomic E-state index is 0.134. The summed E-state index contributed by atoms with van der Waals surface area (Å²) < 4.78 is 6.27. The molecule has 0 aliphatic heterocycles. The minimum Gasteiger partial charge on any atom is -0.360 e. The fraction of sp³-hybridized carbons (Fsp3) is 0.385. The number of nitrogens with one attached hydrogen (secondary N) is 1. The molecule has 1 amide bonds. The van der Waals surface area contributed by atoms with Gasteiger partial charge in [-0.2, -0.15) is 0 Å². The lowest BCUT2D eigenvalue weighted by atomic mass is 10.0. The van der Waals surface area contributed by atoms with Crippen LogP contribution in [0.5, 0.6) is 0 Å². The Morgan fingerprint density at radius 3 is 2.89 bits per heavy atom. The van der Waals surface area contributed by atoms with Crippen LogP contribution >= 0.6 is 27.3 Å². The first-order valence-electron chi connectivity index (χ1n) is 5.96. The third kappa shape index (κ3) is 3.25. The van der Waals surface area contributed by atoms with Crippen LogP contribution in [-0.2, 0) is 6.54 Å². The van der Waals surface area contributed by atoms with Crippen LogP contribution in [0, 0.1) is 6.92 Å². The molecule has 1 N–H and O–H groups in total. The molecule has 2 rings (SSSR count). The van der Waals surface area contributed by atoms with E-state index in [1.807, 2.05) is 25.3 Å². The van der Waals surface area contributed by atoms with Crippen molar-refractivity contribution < 1.29 is 9.32 Å². The average Bonchev–Trinajstić information content (AvgIpc) is 2.92. The predicted molar refractivity (Wildman–Crippen MR) is 78.5 cm³/mol. The van der Waals surface area contributed by atoms with Crippen molar-refractivity contribution in [2.45, 2.75) is 33.2 Å². The number of carbonyl (C=O) groups excluding carboxylic acids is 1. The van der Waals surface area contributed by atoms with Crippen LogP contribution in [0.4, 0.5) is 0 Å². The Bertz CT molecular complexity index is 589. The zero-order valence-electron chi connectivity index (χ0n) is 11.0. The van der Waals surface area contributed by atoms with E-state index in [0.29, 0.717) is 23.6 Å². The molecule has 6 heteroatoms. The summed E-state index contributed by atoms with van der Waals surface area (Å²) in [5, 5.41) is 8.78. The van der Waals surface area contributed by atoms with Gasteiger partial charge in [0.1, 0.15) is 5.56 Å². The van der Waals surface area contributed by atoms with E-state index in [4.69, 9.17) is 4.52 Å².